The normalized spacial score (nSPS) is 18.9. The van der Waals surface area contributed by atoms with Crippen molar-refractivity contribution in [3.05, 3.63) is 18.3 Å². The van der Waals surface area contributed by atoms with E-state index in [1.54, 1.807) is 6.20 Å². The van der Waals surface area contributed by atoms with Crippen LogP contribution in [0.25, 0.3) is 0 Å². The number of nitrogens with zero attached hydrogens (tertiary/aromatic N) is 2. The third-order valence-electron chi connectivity index (χ3n) is 3.22. The second-order valence-corrected chi connectivity index (χ2v) is 4.84. The Hall–Kier alpha value is -1.29. The predicted octanol–water partition coefficient (Wildman–Crippen LogP) is 1.95. The van der Waals surface area contributed by atoms with Gasteiger partial charge in [0, 0.05) is 18.8 Å². The molecule has 0 aliphatic carbocycles. The molecule has 4 heteroatoms. The molecule has 1 fully saturated rings. The summed E-state index contributed by atoms with van der Waals surface area (Å²) in [6, 6.07) is 4.29. The van der Waals surface area contributed by atoms with Gasteiger partial charge in [0.25, 0.3) is 0 Å². The van der Waals surface area contributed by atoms with Crippen molar-refractivity contribution in [2.45, 2.75) is 32.2 Å². The minimum atomic E-state index is 0.402. The molecule has 4 nitrogen and oxygen atoms in total. The van der Waals surface area contributed by atoms with Gasteiger partial charge in [-0.2, -0.15) is 0 Å². The van der Waals surface area contributed by atoms with E-state index in [4.69, 9.17) is 5.73 Å². The number of hydrogen-bond donors (Lipinski definition) is 2. The van der Waals surface area contributed by atoms with Crippen LogP contribution in [0.3, 0.4) is 0 Å². The first-order chi connectivity index (χ1) is 8.25. The van der Waals surface area contributed by atoms with Gasteiger partial charge in [0.05, 0.1) is 5.69 Å². The van der Waals surface area contributed by atoms with E-state index in [0.29, 0.717) is 11.9 Å². The third kappa shape index (κ3) is 3.60. The van der Waals surface area contributed by atoms with Crippen LogP contribution >= 0.6 is 0 Å². The highest BCUT2D eigenvalue weighted by molar-refractivity contribution is 5.61. The van der Waals surface area contributed by atoms with Crippen LogP contribution in [-0.4, -0.2) is 35.6 Å². The van der Waals surface area contributed by atoms with Crippen LogP contribution in [0.5, 0.6) is 0 Å². The minimum Gasteiger partial charge on any atom is -0.382 e. The van der Waals surface area contributed by atoms with Crippen LogP contribution in [0.2, 0.25) is 0 Å². The van der Waals surface area contributed by atoms with Gasteiger partial charge in [-0.15, -0.1) is 0 Å². The summed E-state index contributed by atoms with van der Waals surface area (Å²) in [5.41, 5.74) is 6.76. The van der Waals surface area contributed by atoms with Crippen molar-refractivity contribution in [1.29, 1.82) is 0 Å². The molecule has 1 saturated heterocycles. The second-order valence-electron chi connectivity index (χ2n) is 4.84. The van der Waals surface area contributed by atoms with Crippen LogP contribution in [0.15, 0.2) is 18.3 Å². The van der Waals surface area contributed by atoms with E-state index in [9.17, 15) is 0 Å². The van der Waals surface area contributed by atoms with E-state index in [1.165, 1.54) is 32.4 Å². The lowest BCUT2D eigenvalue weighted by molar-refractivity contribution is 0.223. The molecular formula is C13H22N4. The molecule has 1 aromatic rings. The summed E-state index contributed by atoms with van der Waals surface area (Å²) in [6.45, 7) is 5.73. The molecule has 17 heavy (non-hydrogen) atoms. The Kier molecular flexibility index (Phi) is 4.20. The van der Waals surface area contributed by atoms with Crippen LogP contribution in [0.1, 0.15) is 26.2 Å². The number of nitrogen functional groups attached to an aromatic ring is 1. The zero-order valence-corrected chi connectivity index (χ0v) is 10.5. The van der Waals surface area contributed by atoms with Gasteiger partial charge < -0.3 is 16.0 Å². The number of piperidine rings is 1. The van der Waals surface area contributed by atoms with Crippen molar-refractivity contribution < 1.29 is 0 Å². The summed E-state index contributed by atoms with van der Waals surface area (Å²) in [5.74, 6) is 0.581. The van der Waals surface area contributed by atoms with Crippen molar-refractivity contribution in [2.24, 2.45) is 0 Å². The number of nitrogens with one attached hydrogen (secondary N) is 1. The summed E-state index contributed by atoms with van der Waals surface area (Å²) in [6.07, 6.45) is 5.77. The SMILES string of the molecule is CC(CN1CCCCC1)Nc1cccnc1N. The number of likely N-dealkylation sites (tertiary alicyclic amines) is 1. The molecule has 94 valence electrons. The fourth-order valence-corrected chi connectivity index (χ4v) is 2.38. The highest BCUT2D eigenvalue weighted by Gasteiger charge is 2.13. The quantitative estimate of drug-likeness (QED) is 0.836. The third-order valence-corrected chi connectivity index (χ3v) is 3.22. The highest BCUT2D eigenvalue weighted by atomic mass is 15.2. The van der Waals surface area contributed by atoms with Gasteiger partial charge in [0.15, 0.2) is 0 Å². The van der Waals surface area contributed by atoms with E-state index in [2.05, 4.69) is 22.1 Å². The summed E-state index contributed by atoms with van der Waals surface area (Å²) in [4.78, 5) is 6.60. The van der Waals surface area contributed by atoms with Crippen LogP contribution in [0, 0.1) is 0 Å². The maximum absolute atomic E-state index is 5.81. The Morgan fingerprint density at radius 3 is 2.88 bits per heavy atom. The van der Waals surface area contributed by atoms with E-state index in [1.807, 2.05) is 12.1 Å². The van der Waals surface area contributed by atoms with Crippen molar-refractivity contribution in [3.8, 4) is 0 Å². The maximum Gasteiger partial charge on any atom is 0.146 e. The Morgan fingerprint density at radius 1 is 1.41 bits per heavy atom. The number of rotatable bonds is 4. The van der Waals surface area contributed by atoms with Crippen LogP contribution in [-0.2, 0) is 0 Å². The van der Waals surface area contributed by atoms with Gasteiger partial charge >= 0.3 is 0 Å². The zero-order chi connectivity index (χ0) is 12.1. The number of hydrogen-bond acceptors (Lipinski definition) is 4. The number of aromatic nitrogens is 1. The Labute approximate surface area is 103 Å². The summed E-state index contributed by atoms with van der Waals surface area (Å²) >= 11 is 0. The molecule has 0 saturated carbocycles. The van der Waals surface area contributed by atoms with Crippen LogP contribution in [0.4, 0.5) is 11.5 Å². The highest BCUT2D eigenvalue weighted by Crippen LogP contribution is 2.16. The topological polar surface area (TPSA) is 54.2 Å². The monoisotopic (exact) mass is 234 g/mol. The molecular weight excluding hydrogens is 212 g/mol. The maximum atomic E-state index is 5.81. The van der Waals surface area contributed by atoms with E-state index in [0.717, 1.165) is 12.2 Å². The molecule has 3 N–H and O–H groups in total. The standard InChI is InChI=1S/C13H22N4/c1-11(10-17-8-3-2-4-9-17)16-12-6-5-7-15-13(12)14/h5-7,11,16H,2-4,8-10H2,1H3,(H2,14,15). The Balaban J connectivity index is 1.84. The zero-order valence-electron chi connectivity index (χ0n) is 10.5. The average Bonchev–Trinajstić information content (AvgIpc) is 2.33. The van der Waals surface area contributed by atoms with Gasteiger partial charge in [-0.25, -0.2) is 4.98 Å². The fraction of sp³-hybridized carbons (Fsp3) is 0.615. The predicted molar refractivity (Wildman–Crippen MR) is 72.0 cm³/mol. The van der Waals surface area contributed by atoms with E-state index >= 15 is 0 Å². The summed E-state index contributed by atoms with van der Waals surface area (Å²) < 4.78 is 0. The second kappa shape index (κ2) is 5.87. The first-order valence-corrected chi connectivity index (χ1v) is 6.45. The van der Waals surface area contributed by atoms with Crippen molar-refractivity contribution in [1.82, 2.24) is 9.88 Å². The summed E-state index contributed by atoms with van der Waals surface area (Å²) in [5, 5.41) is 3.43. The number of anilines is 2. The van der Waals surface area contributed by atoms with E-state index in [-0.39, 0.29) is 0 Å². The van der Waals surface area contributed by atoms with Crippen LogP contribution < -0.4 is 11.1 Å². The lowest BCUT2D eigenvalue weighted by Gasteiger charge is -2.29. The molecule has 0 aromatic carbocycles. The molecule has 1 aromatic heterocycles. The van der Waals surface area contributed by atoms with Gasteiger partial charge in [0.2, 0.25) is 0 Å². The Bertz CT molecular complexity index is 347. The molecule has 1 atom stereocenters. The molecule has 1 aliphatic rings. The van der Waals surface area contributed by atoms with Crippen molar-refractivity contribution in [3.63, 3.8) is 0 Å². The molecule has 1 unspecified atom stereocenters. The Morgan fingerprint density at radius 2 is 2.18 bits per heavy atom. The van der Waals surface area contributed by atoms with Gasteiger partial charge in [-0.3, -0.25) is 0 Å². The molecule has 2 rings (SSSR count). The average molecular weight is 234 g/mol. The van der Waals surface area contributed by atoms with Gasteiger partial charge in [0.1, 0.15) is 5.82 Å². The lowest BCUT2D eigenvalue weighted by Crippen LogP contribution is -2.38. The molecule has 0 radical (unpaired) electrons. The first kappa shape index (κ1) is 12.2. The van der Waals surface area contributed by atoms with Gasteiger partial charge in [-0.05, 0) is 45.0 Å². The largest absolute Gasteiger partial charge is 0.382 e. The van der Waals surface area contributed by atoms with Crippen molar-refractivity contribution in [2.75, 3.05) is 30.7 Å². The molecule has 2 heterocycles. The van der Waals surface area contributed by atoms with E-state index < -0.39 is 0 Å². The lowest BCUT2D eigenvalue weighted by atomic mass is 10.1. The van der Waals surface area contributed by atoms with Crippen molar-refractivity contribution >= 4 is 11.5 Å². The molecule has 0 amide bonds. The number of pyridine rings is 1. The smallest absolute Gasteiger partial charge is 0.146 e. The first-order valence-electron chi connectivity index (χ1n) is 6.45. The molecule has 1 aliphatic heterocycles. The van der Waals surface area contributed by atoms with Gasteiger partial charge in [-0.1, -0.05) is 6.42 Å². The minimum absolute atomic E-state index is 0.402. The molecule has 0 bridgehead atoms. The fourth-order valence-electron chi connectivity index (χ4n) is 2.38. The summed E-state index contributed by atoms with van der Waals surface area (Å²) in [7, 11) is 0. The number of nitrogens with two attached hydrogens (primary N) is 1. The molecule has 0 spiro atoms.